The molecule has 4 heteroatoms. The van der Waals surface area contributed by atoms with Gasteiger partial charge in [0.15, 0.2) is 0 Å². The van der Waals surface area contributed by atoms with Crippen LogP contribution in [-0.4, -0.2) is 11.5 Å². The minimum Gasteiger partial charge on any atom is -0.302 e. The van der Waals surface area contributed by atoms with E-state index in [-0.39, 0.29) is 5.69 Å². The third-order valence-electron chi connectivity index (χ3n) is 1.70. The maximum Gasteiger partial charge on any atom is 0.269 e. The van der Waals surface area contributed by atoms with Crippen molar-refractivity contribution in [3.05, 3.63) is 39.9 Å². The van der Waals surface area contributed by atoms with Gasteiger partial charge >= 0.3 is 0 Å². The highest BCUT2D eigenvalue weighted by Crippen LogP contribution is 2.11. The average Bonchev–Trinajstić information content (AvgIpc) is 2.19. The van der Waals surface area contributed by atoms with Gasteiger partial charge in [0.05, 0.1) is 11.5 Å². The Morgan fingerprint density at radius 2 is 2.07 bits per heavy atom. The summed E-state index contributed by atoms with van der Waals surface area (Å²) in [6, 6.07) is 6.38. The number of rotatable bonds is 4. The van der Waals surface area contributed by atoms with Gasteiger partial charge in [-0.25, -0.2) is 0 Å². The molecule has 0 bridgehead atoms. The minimum atomic E-state index is -0.418. The Labute approximate surface area is 82.1 Å². The normalized spacial score (nSPS) is 9.36. The molecule has 1 aromatic rings. The fourth-order valence-electron chi connectivity index (χ4n) is 1.01. The molecule has 0 aromatic heterocycles. The molecular weight excluding hydrogens is 180 g/mol. The van der Waals surface area contributed by atoms with Crippen LogP contribution in [0.1, 0.15) is 5.56 Å². The standard InChI is InChI=1S/C10H10N2O2/c1-2-7-11-8-9-3-5-10(6-4-9)12(13)14/h1,3-6,11H,7-8H2. The fourth-order valence-corrected chi connectivity index (χ4v) is 1.01. The van der Waals surface area contributed by atoms with Gasteiger partial charge in [0.2, 0.25) is 0 Å². The van der Waals surface area contributed by atoms with Crippen molar-refractivity contribution in [1.82, 2.24) is 5.32 Å². The van der Waals surface area contributed by atoms with E-state index >= 15 is 0 Å². The first kappa shape index (κ1) is 10.2. The Morgan fingerprint density at radius 3 is 2.57 bits per heavy atom. The maximum atomic E-state index is 10.3. The summed E-state index contributed by atoms with van der Waals surface area (Å²) in [5, 5.41) is 13.3. The maximum absolute atomic E-state index is 10.3. The van der Waals surface area contributed by atoms with Crippen LogP contribution in [0.15, 0.2) is 24.3 Å². The summed E-state index contributed by atoms with van der Waals surface area (Å²) in [6.45, 7) is 1.12. The third-order valence-corrected chi connectivity index (χ3v) is 1.70. The lowest BCUT2D eigenvalue weighted by Crippen LogP contribution is -2.12. The molecule has 0 saturated heterocycles. The van der Waals surface area contributed by atoms with Gasteiger partial charge in [-0.05, 0) is 5.56 Å². The number of hydrogen-bond donors (Lipinski definition) is 1. The van der Waals surface area contributed by atoms with Crippen molar-refractivity contribution in [2.45, 2.75) is 6.54 Å². The van der Waals surface area contributed by atoms with Gasteiger partial charge in [-0.1, -0.05) is 18.1 Å². The Bertz CT molecular complexity index is 351. The number of nitrogens with zero attached hydrogens (tertiary/aromatic N) is 1. The highest BCUT2D eigenvalue weighted by molar-refractivity contribution is 5.32. The van der Waals surface area contributed by atoms with E-state index in [1.165, 1.54) is 12.1 Å². The monoisotopic (exact) mass is 190 g/mol. The summed E-state index contributed by atoms with van der Waals surface area (Å²) in [6.07, 6.45) is 5.05. The van der Waals surface area contributed by atoms with Crippen LogP contribution in [0, 0.1) is 22.5 Å². The number of nitro groups is 1. The molecule has 0 atom stereocenters. The lowest BCUT2D eigenvalue weighted by atomic mass is 10.2. The van der Waals surface area contributed by atoms with Crippen LogP contribution in [0.5, 0.6) is 0 Å². The Morgan fingerprint density at radius 1 is 1.43 bits per heavy atom. The van der Waals surface area contributed by atoms with E-state index in [0.717, 1.165) is 5.56 Å². The molecule has 14 heavy (non-hydrogen) atoms. The van der Waals surface area contributed by atoms with Gasteiger partial charge in [-0.3, -0.25) is 10.1 Å². The Balaban J connectivity index is 2.56. The zero-order valence-electron chi connectivity index (χ0n) is 7.56. The molecule has 4 nitrogen and oxygen atoms in total. The molecule has 0 spiro atoms. The molecule has 72 valence electrons. The molecule has 0 heterocycles. The van der Waals surface area contributed by atoms with Crippen LogP contribution in [0.25, 0.3) is 0 Å². The predicted octanol–water partition coefficient (Wildman–Crippen LogP) is 1.32. The van der Waals surface area contributed by atoms with Gasteiger partial charge in [0.25, 0.3) is 5.69 Å². The molecule has 0 aliphatic carbocycles. The van der Waals surface area contributed by atoms with Crippen LogP contribution < -0.4 is 5.32 Å². The first-order valence-electron chi connectivity index (χ1n) is 4.11. The molecule has 1 N–H and O–H groups in total. The first-order valence-corrected chi connectivity index (χ1v) is 4.11. The minimum absolute atomic E-state index is 0.102. The summed E-state index contributed by atoms with van der Waals surface area (Å²) in [4.78, 5) is 9.92. The quantitative estimate of drug-likeness (QED) is 0.337. The van der Waals surface area contributed by atoms with E-state index in [9.17, 15) is 10.1 Å². The van der Waals surface area contributed by atoms with E-state index in [0.29, 0.717) is 13.1 Å². The molecular formula is C10H10N2O2. The van der Waals surface area contributed by atoms with E-state index in [1.807, 2.05) is 0 Å². The van der Waals surface area contributed by atoms with Crippen LogP contribution >= 0.6 is 0 Å². The zero-order valence-corrected chi connectivity index (χ0v) is 7.56. The SMILES string of the molecule is C#CCNCc1ccc([N+](=O)[O-])cc1. The van der Waals surface area contributed by atoms with E-state index < -0.39 is 4.92 Å². The highest BCUT2D eigenvalue weighted by atomic mass is 16.6. The van der Waals surface area contributed by atoms with Crippen LogP contribution in [0.4, 0.5) is 5.69 Å². The van der Waals surface area contributed by atoms with Crippen molar-refractivity contribution in [2.24, 2.45) is 0 Å². The van der Waals surface area contributed by atoms with E-state index in [2.05, 4.69) is 11.2 Å². The molecule has 0 aliphatic heterocycles. The van der Waals surface area contributed by atoms with Gasteiger partial charge in [-0.2, -0.15) is 0 Å². The molecule has 1 aromatic carbocycles. The molecule has 0 radical (unpaired) electrons. The van der Waals surface area contributed by atoms with Crippen LogP contribution in [0.3, 0.4) is 0 Å². The molecule has 0 amide bonds. The number of hydrogen-bond acceptors (Lipinski definition) is 3. The zero-order chi connectivity index (χ0) is 10.4. The van der Waals surface area contributed by atoms with Gasteiger partial charge in [0.1, 0.15) is 0 Å². The Kier molecular flexibility index (Phi) is 3.65. The lowest BCUT2D eigenvalue weighted by molar-refractivity contribution is -0.384. The second-order valence-corrected chi connectivity index (χ2v) is 2.73. The van der Waals surface area contributed by atoms with Crippen molar-refractivity contribution >= 4 is 5.69 Å². The molecule has 0 fully saturated rings. The molecule has 0 aliphatic rings. The van der Waals surface area contributed by atoms with Gasteiger partial charge in [-0.15, -0.1) is 6.42 Å². The molecule has 1 rings (SSSR count). The molecule has 0 saturated carbocycles. The number of non-ortho nitro benzene ring substituents is 1. The van der Waals surface area contributed by atoms with Crippen molar-refractivity contribution in [3.63, 3.8) is 0 Å². The summed E-state index contributed by atoms with van der Waals surface area (Å²) in [5.74, 6) is 2.45. The van der Waals surface area contributed by atoms with Crippen molar-refractivity contribution in [3.8, 4) is 12.3 Å². The topological polar surface area (TPSA) is 55.2 Å². The number of nitrogens with one attached hydrogen (secondary N) is 1. The fraction of sp³-hybridized carbons (Fsp3) is 0.200. The van der Waals surface area contributed by atoms with Crippen molar-refractivity contribution < 1.29 is 4.92 Å². The number of nitro benzene ring substituents is 1. The van der Waals surface area contributed by atoms with Gasteiger partial charge in [0, 0.05) is 18.7 Å². The van der Waals surface area contributed by atoms with Crippen molar-refractivity contribution in [2.75, 3.05) is 6.54 Å². The largest absolute Gasteiger partial charge is 0.302 e. The second-order valence-electron chi connectivity index (χ2n) is 2.73. The first-order chi connectivity index (χ1) is 6.74. The Hall–Kier alpha value is -1.86. The van der Waals surface area contributed by atoms with E-state index in [4.69, 9.17) is 6.42 Å². The average molecular weight is 190 g/mol. The predicted molar refractivity (Wildman–Crippen MR) is 53.6 cm³/mol. The van der Waals surface area contributed by atoms with Gasteiger partial charge < -0.3 is 5.32 Å². The number of terminal acetylenes is 1. The third kappa shape index (κ3) is 2.88. The van der Waals surface area contributed by atoms with Crippen molar-refractivity contribution in [1.29, 1.82) is 0 Å². The van der Waals surface area contributed by atoms with E-state index in [1.54, 1.807) is 12.1 Å². The molecule has 0 unspecified atom stereocenters. The summed E-state index contributed by atoms with van der Waals surface area (Å²) < 4.78 is 0. The van der Waals surface area contributed by atoms with Crippen LogP contribution in [-0.2, 0) is 6.54 Å². The van der Waals surface area contributed by atoms with Crippen LogP contribution in [0.2, 0.25) is 0 Å². The number of benzene rings is 1. The smallest absolute Gasteiger partial charge is 0.269 e. The second kappa shape index (κ2) is 5.00. The highest BCUT2D eigenvalue weighted by Gasteiger charge is 2.02. The lowest BCUT2D eigenvalue weighted by Gasteiger charge is -2.00. The summed E-state index contributed by atoms with van der Waals surface area (Å²) >= 11 is 0. The summed E-state index contributed by atoms with van der Waals surface area (Å²) in [7, 11) is 0. The summed E-state index contributed by atoms with van der Waals surface area (Å²) in [5.41, 5.74) is 1.08.